The molecule has 2 nitrogen and oxygen atoms in total. The Bertz CT molecular complexity index is 264. The molecule has 1 aromatic rings. The van der Waals surface area contributed by atoms with Crippen LogP contribution in [0, 0.1) is 0 Å². The van der Waals surface area contributed by atoms with Crippen molar-refractivity contribution in [1.82, 2.24) is 10.2 Å². The molecule has 1 aliphatic rings. The lowest BCUT2D eigenvalue weighted by molar-refractivity contribution is 0.416. The van der Waals surface area contributed by atoms with E-state index >= 15 is 0 Å². The third kappa shape index (κ3) is 1.94. The Morgan fingerprint density at radius 1 is 1.54 bits per heavy atom. The lowest BCUT2D eigenvalue weighted by atomic mass is 9.86. The van der Waals surface area contributed by atoms with E-state index in [0.29, 0.717) is 4.83 Å². The van der Waals surface area contributed by atoms with Gasteiger partial charge in [-0.3, -0.25) is 0 Å². The topological polar surface area (TPSA) is 25.8 Å². The summed E-state index contributed by atoms with van der Waals surface area (Å²) in [4.78, 5) is 0.402. The highest BCUT2D eigenvalue weighted by molar-refractivity contribution is 9.09. The van der Waals surface area contributed by atoms with Crippen LogP contribution in [0.2, 0.25) is 0 Å². The van der Waals surface area contributed by atoms with Gasteiger partial charge in [0.05, 0.1) is 4.83 Å². The summed E-state index contributed by atoms with van der Waals surface area (Å²) in [5.74, 6) is 0.725. The molecular weight excluding hydrogens is 248 g/mol. The van der Waals surface area contributed by atoms with E-state index in [0.717, 1.165) is 17.3 Å². The predicted octanol–water partition coefficient (Wildman–Crippen LogP) is 3.65. The highest BCUT2D eigenvalue weighted by atomic mass is 79.9. The fraction of sp³-hybridized carbons (Fsp3) is 0.778. The molecule has 1 fully saturated rings. The van der Waals surface area contributed by atoms with Gasteiger partial charge in [0, 0.05) is 5.92 Å². The number of nitrogens with zero attached hydrogens (tertiary/aromatic N) is 2. The van der Waals surface area contributed by atoms with Crippen LogP contribution >= 0.6 is 27.3 Å². The van der Waals surface area contributed by atoms with Crippen LogP contribution in [0.5, 0.6) is 0 Å². The molecule has 0 spiro atoms. The molecule has 0 saturated heterocycles. The number of hydrogen-bond donors (Lipinski definition) is 0. The molecule has 72 valence electrons. The summed E-state index contributed by atoms with van der Waals surface area (Å²) in [6, 6.07) is 0. The zero-order valence-corrected chi connectivity index (χ0v) is 10.1. The molecule has 0 amide bonds. The van der Waals surface area contributed by atoms with Crippen LogP contribution in [0.25, 0.3) is 0 Å². The van der Waals surface area contributed by atoms with Crippen LogP contribution < -0.4 is 0 Å². The molecule has 0 N–H and O–H groups in total. The molecule has 1 saturated carbocycles. The van der Waals surface area contributed by atoms with Crippen LogP contribution in [-0.2, 0) is 0 Å². The molecule has 1 aromatic heterocycles. The van der Waals surface area contributed by atoms with Gasteiger partial charge in [-0.05, 0) is 19.3 Å². The zero-order valence-electron chi connectivity index (χ0n) is 7.66. The third-order valence-electron chi connectivity index (χ3n) is 2.54. The molecule has 1 atom stereocenters. The van der Waals surface area contributed by atoms with Crippen molar-refractivity contribution < 1.29 is 0 Å². The van der Waals surface area contributed by atoms with Crippen molar-refractivity contribution in [3.8, 4) is 0 Å². The second-order valence-corrected chi connectivity index (χ2v) is 5.63. The molecule has 1 heterocycles. The van der Waals surface area contributed by atoms with E-state index in [9.17, 15) is 0 Å². The van der Waals surface area contributed by atoms with Crippen molar-refractivity contribution in [3.63, 3.8) is 0 Å². The average molecular weight is 261 g/mol. The van der Waals surface area contributed by atoms with Crippen LogP contribution in [0.15, 0.2) is 0 Å². The van der Waals surface area contributed by atoms with Crippen molar-refractivity contribution >= 4 is 27.3 Å². The van der Waals surface area contributed by atoms with E-state index in [1.165, 1.54) is 24.3 Å². The Morgan fingerprint density at radius 3 is 2.85 bits per heavy atom. The van der Waals surface area contributed by atoms with Gasteiger partial charge in [0.15, 0.2) is 0 Å². The van der Waals surface area contributed by atoms with Gasteiger partial charge >= 0.3 is 0 Å². The van der Waals surface area contributed by atoms with Gasteiger partial charge in [0.25, 0.3) is 0 Å². The first-order valence-corrected chi connectivity index (χ1v) is 6.52. The number of halogens is 1. The monoisotopic (exact) mass is 260 g/mol. The van der Waals surface area contributed by atoms with Gasteiger partial charge in [-0.25, -0.2) is 0 Å². The minimum Gasteiger partial charge on any atom is -0.143 e. The van der Waals surface area contributed by atoms with Crippen LogP contribution in [0.3, 0.4) is 0 Å². The summed E-state index contributed by atoms with van der Waals surface area (Å²) in [6.45, 7) is 2.16. The van der Waals surface area contributed by atoms with E-state index in [2.05, 4.69) is 33.1 Å². The Labute approximate surface area is 90.9 Å². The Kier molecular flexibility index (Phi) is 2.99. The SMILES string of the molecule is CCC(Br)c1nnc(C2CCC2)s1. The molecule has 0 aliphatic heterocycles. The van der Waals surface area contributed by atoms with E-state index in [4.69, 9.17) is 0 Å². The summed E-state index contributed by atoms with van der Waals surface area (Å²) in [7, 11) is 0. The van der Waals surface area contributed by atoms with Gasteiger partial charge in [-0.1, -0.05) is 29.3 Å². The molecule has 2 rings (SSSR count). The molecule has 1 aliphatic carbocycles. The number of aromatic nitrogens is 2. The minimum absolute atomic E-state index is 0.402. The van der Waals surface area contributed by atoms with Crippen molar-refractivity contribution in [2.24, 2.45) is 0 Å². The minimum atomic E-state index is 0.402. The predicted molar refractivity (Wildman–Crippen MR) is 58.5 cm³/mol. The quantitative estimate of drug-likeness (QED) is 0.776. The van der Waals surface area contributed by atoms with Crippen LogP contribution in [0.4, 0.5) is 0 Å². The molecule has 0 bridgehead atoms. The van der Waals surface area contributed by atoms with E-state index in [-0.39, 0.29) is 0 Å². The van der Waals surface area contributed by atoms with Gasteiger partial charge in [-0.2, -0.15) is 0 Å². The van der Waals surface area contributed by atoms with Crippen LogP contribution in [-0.4, -0.2) is 10.2 Å². The van der Waals surface area contributed by atoms with E-state index in [1.807, 2.05) is 0 Å². The highest BCUT2D eigenvalue weighted by Gasteiger charge is 2.24. The maximum Gasteiger partial charge on any atom is 0.131 e. The van der Waals surface area contributed by atoms with Crippen molar-refractivity contribution in [2.75, 3.05) is 0 Å². The number of alkyl halides is 1. The summed E-state index contributed by atoms with van der Waals surface area (Å²) < 4.78 is 0. The number of rotatable bonds is 3. The first kappa shape index (κ1) is 9.59. The summed E-state index contributed by atoms with van der Waals surface area (Å²) in [5, 5.41) is 10.8. The van der Waals surface area contributed by atoms with E-state index < -0.39 is 0 Å². The lowest BCUT2D eigenvalue weighted by Crippen LogP contribution is -2.07. The average Bonchev–Trinajstić information content (AvgIpc) is 2.49. The standard InChI is InChI=1S/C9H13BrN2S/c1-2-7(10)9-12-11-8(13-9)6-4-3-5-6/h6-7H,2-5H2,1H3. The highest BCUT2D eigenvalue weighted by Crippen LogP contribution is 2.39. The normalized spacial score (nSPS) is 19.8. The van der Waals surface area contributed by atoms with E-state index in [1.54, 1.807) is 11.3 Å². The smallest absolute Gasteiger partial charge is 0.131 e. The first-order valence-electron chi connectivity index (χ1n) is 4.78. The summed E-state index contributed by atoms with van der Waals surface area (Å²) in [6.07, 6.45) is 5.08. The van der Waals surface area contributed by atoms with Crippen molar-refractivity contribution in [3.05, 3.63) is 10.0 Å². The number of hydrogen-bond acceptors (Lipinski definition) is 3. The Morgan fingerprint density at radius 2 is 2.31 bits per heavy atom. The Balaban J connectivity index is 2.08. The van der Waals surface area contributed by atoms with Gasteiger partial charge in [0.1, 0.15) is 10.0 Å². The second kappa shape index (κ2) is 4.05. The largest absolute Gasteiger partial charge is 0.143 e. The third-order valence-corrected chi connectivity index (χ3v) is 5.12. The zero-order chi connectivity index (χ0) is 9.26. The van der Waals surface area contributed by atoms with Crippen molar-refractivity contribution in [2.45, 2.75) is 43.4 Å². The van der Waals surface area contributed by atoms with Crippen molar-refractivity contribution in [1.29, 1.82) is 0 Å². The van der Waals surface area contributed by atoms with Gasteiger partial charge in [0.2, 0.25) is 0 Å². The summed E-state index contributed by atoms with van der Waals surface area (Å²) >= 11 is 5.38. The van der Waals surface area contributed by atoms with Gasteiger partial charge in [-0.15, -0.1) is 21.5 Å². The molecule has 0 radical (unpaired) electrons. The molecule has 1 unspecified atom stereocenters. The lowest BCUT2D eigenvalue weighted by Gasteiger charge is -2.21. The maximum absolute atomic E-state index is 4.25. The second-order valence-electron chi connectivity index (χ2n) is 3.48. The first-order chi connectivity index (χ1) is 6.31. The fourth-order valence-electron chi connectivity index (χ4n) is 1.37. The fourth-order valence-corrected chi connectivity index (χ4v) is 2.81. The molecule has 4 heteroatoms. The Hall–Kier alpha value is 0.0400. The summed E-state index contributed by atoms with van der Waals surface area (Å²) in [5.41, 5.74) is 0. The molecule has 13 heavy (non-hydrogen) atoms. The maximum atomic E-state index is 4.25. The molecule has 0 aromatic carbocycles. The van der Waals surface area contributed by atoms with Gasteiger partial charge < -0.3 is 0 Å². The van der Waals surface area contributed by atoms with Crippen LogP contribution in [0.1, 0.15) is 53.4 Å². The molecular formula is C9H13BrN2S.